The summed E-state index contributed by atoms with van der Waals surface area (Å²) in [6.45, 7) is 0. The van der Waals surface area contributed by atoms with E-state index in [1.807, 2.05) is 5.32 Å². The first-order valence-electron chi connectivity index (χ1n) is 4.36. The summed E-state index contributed by atoms with van der Waals surface area (Å²) in [5.74, 6) is -2.86. The number of ketones is 1. The molecule has 86 valence electrons. The third-order valence-corrected chi connectivity index (χ3v) is 2.36. The first-order chi connectivity index (χ1) is 7.54. The second kappa shape index (κ2) is 5.69. The van der Waals surface area contributed by atoms with E-state index >= 15 is 0 Å². The number of amides is 1. The number of benzene rings is 1. The number of alkyl halides is 1. The molecule has 0 aliphatic heterocycles. The van der Waals surface area contributed by atoms with E-state index in [1.165, 1.54) is 6.07 Å². The molecule has 0 radical (unpaired) electrons. The third kappa shape index (κ3) is 3.37. The Labute approximate surface area is 99.0 Å². The van der Waals surface area contributed by atoms with Crippen LogP contribution in [-0.2, 0) is 9.59 Å². The van der Waals surface area contributed by atoms with Gasteiger partial charge in [-0.2, -0.15) is 0 Å². The van der Waals surface area contributed by atoms with Gasteiger partial charge < -0.3 is 5.32 Å². The number of carbonyl (C=O) groups excluding carboxylic acids is 2. The number of anilines is 1. The Bertz CT molecular complexity index is 403. The highest BCUT2D eigenvalue weighted by Gasteiger charge is 2.13. The summed E-state index contributed by atoms with van der Waals surface area (Å²) in [7, 11) is 0. The molecule has 1 amide bonds. The number of Topliss-reactive ketones (excluding diaryl/α,β-unsaturated/α-hetero) is 1. The van der Waals surface area contributed by atoms with E-state index in [0.717, 1.165) is 12.1 Å². The van der Waals surface area contributed by atoms with E-state index in [-0.39, 0.29) is 11.1 Å². The Morgan fingerprint density at radius 3 is 2.31 bits per heavy atom. The van der Waals surface area contributed by atoms with Crippen LogP contribution in [-0.4, -0.2) is 17.0 Å². The average molecular weight is 292 g/mol. The lowest BCUT2D eigenvalue weighted by atomic mass is 10.2. The zero-order valence-corrected chi connectivity index (χ0v) is 9.68. The number of carbonyl (C=O) groups is 2. The first-order valence-corrected chi connectivity index (χ1v) is 5.48. The predicted molar refractivity (Wildman–Crippen MR) is 58.4 cm³/mol. The Kier molecular flexibility index (Phi) is 4.54. The van der Waals surface area contributed by atoms with E-state index in [0.29, 0.717) is 0 Å². The largest absolute Gasteiger partial charge is 0.321 e. The lowest BCUT2D eigenvalue weighted by Gasteiger charge is -2.06. The van der Waals surface area contributed by atoms with Crippen LogP contribution in [0.3, 0.4) is 0 Å². The Balaban J connectivity index is 2.73. The first kappa shape index (κ1) is 12.8. The number of rotatable bonds is 4. The van der Waals surface area contributed by atoms with Crippen LogP contribution in [0.15, 0.2) is 18.2 Å². The maximum absolute atomic E-state index is 13.1. The molecular formula is C10H8BrF2NO2. The second-order valence-electron chi connectivity index (χ2n) is 2.99. The molecule has 0 fully saturated rings. The minimum atomic E-state index is -0.875. The molecule has 0 aromatic heterocycles. The normalized spacial score (nSPS) is 9.94. The van der Waals surface area contributed by atoms with Crippen molar-refractivity contribution in [3.8, 4) is 0 Å². The van der Waals surface area contributed by atoms with Crippen molar-refractivity contribution in [2.24, 2.45) is 0 Å². The summed E-state index contributed by atoms with van der Waals surface area (Å²) in [4.78, 5) is 22.1. The van der Waals surface area contributed by atoms with Crippen molar-refractivity contribution in [1.82, 2.24) is 0 Å². The standard InChI is InChI=1S/C10H8BrF2NO2/c11-5-6(15)4-9(16)14-10-7(12)2-1-3-8(10)13/h1-3H,4-5H2,(H,14,16). The van der Waals surface area contributed by atoms with E-state index in [9.17, 15) is 18.4 Å². The molecule has 0 bridgehead atoms. The van der Waals surface area contributed by atoms with Gasteiger partial charge in [-0.25, -0.2) is 8.78 Å². The molecule has 0 saturated heterocycles. The Morgan fingerprint density at radius 1 is 1.25 bits per heavy atom. The molecule has 6 heteroatoms. The minimum absolute atomic E-state index is 0.0280. The van der Waals surface area contributed by atoms with Gasteiger partial charge in [0.2, 0.25) is 5.91 Å². The highest BCUT2D eigenvalue weighted by atomic mass is 79.9. The molecule has 1 rings (SSSR count). The maximum Gasteiger partial charge on any atom is 0.232 e. The summed E-state index contributed by atoms with van der Waals surface area (Å²) in [5, 5.41) is 2.04. The van der Waals surface area contributed by atoms with Crippen LogP contribution >= 0.6 is 15.9 Å². The molecule has 0 heterocycles. The van der Waals surface area contributed by atoms with Crippen molar-refractivity contribution < 1.29 is 18.4 Å². The van der Waals surface area contributed by atoms with Gasteiger partial charge in [-0.05, 0) is 12.1 Å². The summed E-state index contributed by atoms with van der Waals surface area (Å²) in [6, 6.07) is 3.22. The quantitative estimate of drug-likeness (QED) is 0.683. The van der Waals surface area contributed by atoms with Gasteiger partial charge in [0, 0.05) is 0 Å². The molecule has 16 heavy (non-hydrogen) atoms. The van der Waals surface area contributed by atoms with Crippen LogP contribution in [0.4, 0.5) is 14.5 Å². The van der Waals surface area contributed by atoms with Crippen LogP contribution in [0.5, 0.6) is 0 Å². The highest BCUT2D eigenvalue weighted by Crippen LogP contribution is 2.18. The molecule has 0 spiro atoms. The lowest BCUT2D eigenvalue weighted by Crippen LogP contribution is -2.18. The summed E-state index contributed by atoms with van der Waals surface area (Å²) in [6.07, 6.45) is -0.418. The molecular weight excluding hydrogens is 284 g/mol. The van der Waals surface area contributed by atoms with Gasteiger partial charge in [-0.1, -0.05) is 22.0 Å². The van der Waals surface area contributed by atoms with Gasteiger partial charge in [-0.15, -0.1) is 0 Å². The van der Waals surface area contributed by atoms with Crippen molar-refractivity contribution in [1.29, 1.82) is 0 Å². The molecule has 1 aromatic rings. The summed E-state index contributed by atoms with van der Waals surface area (Å²) in [5.41, 5.74) is -0.533. The zero-order chi connectivity index (χ0) is 12.1. The van der Waals surface area contributed by atoms with Crippen molar-refractivity contribution >= 4 is 33.3 Å². The molecule has 0 aliphatic rings. The Hall–Kier alpha value is -1.30. The van der Waals surface area contributed by atoms with Gasteiger partial charge in [0.15, 0.2) is 5.78 Å². The van der Waals surface area contributed by atoms with Crippen LogP contribution in [0.25, 0.3) is 0 Å². The topological polar surface area (TPSA) is 46.2 Å². The molecule has 0 atom stereocenters. The fourth-order valence-corrected chi connectivity index (χ4v) is 1.23. The van der Waals surface area contributed by atoms with Gasteiger partial charge in [-0.3, -0.25) is 9.59 Å². The number of halogens is 3. The van der Waals surface area contributed by atoms with Crippen molar-refractivity contribution in [2.75, 3.05) is 10.6 Å². The number of hydrogen-bond donors (Lipinski definition) is 1. The average Bonchev–Trinajstić information content (AvgIpc) is 2.23. The van der Waals surface area contributed by atoms with E-state index in [1.54, 1.807) is 0 Å². The fourth-order valence-electron chi connectivity index (χ4n) is 1.03. The monoisotopic (exact) mass is 291 g/mol. The van der Waals surface area contributed by atoms with Crippen molar-refractivity contribution in [3.63, 3.8) is 0 Å². The number of para-hydroxylation sites is 1. The molecule has 0 aliphatic carbocycles. The van der Waals surface area contributed by atoms with Gasteiger partial charge >= 0.3 is 0 Å². The lowest BCUT2D eigenvalue weighted by molar-refractivity contribution is -0.123. The van der Waals surface area contributed by atoms with E-state index in [4.69, 9.17) is 0 Å². The van der Waals surface area contributed by atoms with Crippen molar-refractivity contribution in [2.45, 2.75) is 6.42 Å². The van der Waals surface area contributed by atoms with E-state index < -0.39 is 29.6 Å². The van der Waals surface area contributed by atoms with Gasteiger partial charge in [0.25, 0.3) is 0 Å². The maximum atomic E-state index is 13.1. The second-order valence-corrected chi connectivity index (χ2v) is 3.55. The highest BCUT2D eigenvalue weighted by molar-refractivity contribution is 9.09. The van der Waals surface area contributed by atoms with Gasteiger partial charge in [0.1, 0.15) is 17.3 Å². The van der Waals surface area contributed by atoms with E-state index in [2.05, 4.69) is 15.9 Å². The smallest absolute Gasteiger partial charge is 0.232 e. The molecule has 0 saturated carbocycles. The summed E-state index contributed by atoms with van der Waals surface area (Å²) >= 11 is 2.88. The Morgan fingerprint density at radius 2 is 1.81 bits per heavy atom. The molecule has 1 N–H and O–H groups in total. The minimum Gasteiger partial charge on any atom is -0.321 e. The van der Waals surface area contributed by atoms with Crippen LogP contribution in [0, 0.1) is 11.6 Å². The number of nitrogens with one attached hydrogen (secondary N) is 1. The third-order valence-electron chi connectivity index (χ3n) is 1.73. The van der Waals surface area contributed by atoms with Crippen LogP contribution in [0.1, 0.15) is 6.42 Å². The predicted octanol–water partition coefficient (Wildman–Crippen LogP) is 2.26. The zero-order valence-electron chi connectivity index (χ0n) is 8.10. The van der Waals surface area contributed by atoms with Crippen LogP contribution in [0.2, 0.25) is 0 Å². The molecule has 0 unspecified atom stereocenters. The molecule has 1 aromatic carbocycles. The summed E-state index contributed by atoms with van der Waals surface area (Å²) < 4.78 is 26.2. The SMILES string of the molecule is O=C(CBr)CC(=O)Nc1c(F)cccc1F. The fraction of sp³-hybridized carbons (Fsp3) is 0.200. The molecule has 3 nitrogen and oxygen atoms in total. The number of hydrogen-bond acceptors (Lipinski definition) is 2. The van der Waals surface area contributed by atoms with Gasteiger partial charge in [0.05, 0.1) is 11.8 Å². The van der Waals surface area contributed by atoms with Crippen LogP contribution < -0.4 is 5.32 Å². The van der Waals surface area contributed by atoms with Crippen molar-refractivity contribution in [3.05, 3.63) is 29.8 Å².